The lowest BCUT2D eigenvalue weighted by Crippen LogP contribution is -2.50. The second-order valence-electron chi connectivity index (χ2n) is 4.50. The molecule has 0 unspecified atom stereocenters. The third kappa shape index (κ3) is 2.19. The Morgan fingerprint density at radius 1 is 1.54 bits per heavy atom. The van der Waals surface area contributed by atoms with E-state index in [0.29, 0.717) is 0 Å². The maximum absolute atomic E-state index is 11.3. The molecule has 1 aliphatic heterocycles. The van der Waals surface area contributed by atoms with Gasteiger partial charge in [-0.1, -0.05) is 0 Å². The molecule has 4 heteroatoms. The molecule has 1 atom stereocenters. The monoisotopic (exact) mass is 186 g/mol. The van der Waals surface area contributed by atoms with Gasteiger partial charge in [-0.05, 0) is 40.2 Å². The number of hydroxylamine groups is 1. The van der Waals surface area contributed by atoms with E-state index in [2.05, 4.69) is 25.7 Å². The lowest BCUT2D eigenvalue weighted by Gasteiger charge is -2.35. The van der Waals surface area contributed by atoms with Gasteiger partial charge in [-0.15, -0.1) is 0 Å². The Morgan fingerprint density at radius 3 is 2.62 bits per heavy atom. The van der Waals surface area contributed by atoms with Gasteiger partial charge in [0.15, 0.2) is 0 Å². The number of nitrogens with zero attached hydrogens (tertiary/aromatic N) is 1. The number of rotatable bonds is 1. The zero-order chi connectivity index (χ0) is 10.1. The van der Waals surface area contributed by atoms with Gasteiger partial charge in [-0.2, -0.15) is 0 Å². The number of likely N-dealkylation sites (tertiary alicyclic amines) is 1. The van der Waals surface area contributed by atoms with Crippen molar-refractivity contribution >= 4 is 5.91 Å². The predicted octanol–water partition coefficient (Wildman–Crippen LogP) is 0.755. The number of carbonyl (C=O) groups is 1. The summed E-state index contributed by atoms with van der Waals surface area (Å²) in [5, 5.41) is 8.55. The van der Waals surface area contributed by atoms with Gasteiger partial charge in [0.1, 0.15) is 0 Å². The van der Waals surface area contributed by atoms with Crippen LogP contribution >= 0.6 is 0 Å². The lowest BCUT2D eigenvalue weighted by molar-refractivity contribution is -0.135. The van der Waals surface area contributed by atoms with Crippen LogP contribution in [0.1, 0.15) is 33.6 Å². The van der Waals surface area contributed by atoms with Crippen molar-refractivity contribution in [3.63, 3.8) is 0 Å². The van der Waals surface area contributed by atoms with Crippen molar-refractivity contribution in [2.75, 3.05) is 6.54 Å². The van der Waals surface area contributed by atoms with E-state index in [1.54, 1.807) is 5.48 Å². The van der Waals surface area contributed by atoms with Crippen molar-refractivity contribution in [1.29, 1.82) is 0 Å². The van der Waals surface area contributed by atoms with E-state index in [1.165, 1.54) is 0 Å². The molecule has 0 bridgehead atoms. The van der Waals surface area contributed by atoms with E-state index in [0.717, 1.165) is 19.4 Å². The normalized spacial score (nSPS) is 24.8. The van der Waals surface area contributed by atoms with Gasteiger partial charge in [0.25, 0.3) is 5.91 Å². The van der Waals surface area contributed by atoms with Crippen molar-refractivity contribution in [2.24, 2.45) is 0 Å². The predicted molar refractivity (Wildman–Crippen MR) is 49.4 cm³/mol. The van der Waals surface area contributed by atoms with Crippen LogP contribution in [0.3, 0.4) is 0 Å². The topological polar surface area (TPSA) is 52.6 Å². The molecule has 1 heterocycles. The number of amides is 1. The first-order chi connectivity index (χ1) is 5.96. The first-order valence-corrected chi connectivity index (χ1v) is 4.67. The van der Waals surface area contributed by atoms with Crippen molar-refractivity contribution in [3.8, 4) is 0 Å². The third-order valence-electron chi connectivity index (χ3n) is 2.53. The first-order valence-electron chi connectivity index (χ1n) is 4.67. The fraction of sp³-hybridized carbons (Fsp3) is 0.889. The van der Waals surface area contributed by atoms with Gasteiger partial charge in [-0.3, -0.25) is 14.9 Å². The third-order valence-corrected chi connectivity index (χ3v) is 2.53. The molecule has 1 saturated heterocycles. The second kappa shape index (κ2) is 3.64. The molecule has 1 rings (SSSR count). The second-order valence-corrected chi connectivity index (χ2v) is 4.50. The smallest absolute Gasteiger partial charge is 0.260 e. The Balaban J connectivity index is 2.70. The van der Waals surface area contributed by atoms with E-state index >= 15 is 0 Å². The number of hydrogen-bond acceptors (Lipinski definition) is 3. The van der Waals surface area contributed by atoms with Crippen LogP contribution in [-0.4, -0.2) is 34.1 Å². The van der Waals surface area contributed by atoms with E-state index < -0.39 is 0 Å². The highest BCUT2D eigenvalue weighted by Gasteiger charge is 2.36. The fourth-order valence-corrected chi connectivity index (χ4v) is 1.92. The maximum Gasteiger partial charge on any atom is 0.260 e. The molecule has 0 aromatic rings. The summed E-state index contributed by atoms with van der Waals surface area (Å²) in [4.78, 5) is 13.4. The van der Waals surface area contributed by atoms with Crippen molar-refractivity contribution < 1.29 is 10.0 Å². The minimum absolute atomic E-state index is 0.00627. The molecule has 0 radical (unpaired) electrons. The molecule has 0 aliphatic carbocycles. The van der Waals surface area contributed by atoms with Crippen LogP contribution in [0.25, 0.3) is 0 Å². The Morgan fingerprint density at radius 2 is 2.15 bits per heavy atom. The van der Waals surface area contributed by atoms with Gasteiger partial charge >= 0.3 is 0 Å². The molecule has 13 heavy (non-hydrogen) atoms. The molecule has 0 aromatic heterocycles. The molecule has 1 amide bonds. The van der Waals surface area contributed by atoms with E-state index in [9.17, 15) is 4.79 Å². The zero-order valence-electron chi connectivity index (χ0n) is 8.50. The quantitative estimate of drug-likeness (QED) is 0.469. The van der Waals surface area contributed by atoms with E-state index in [-0.39, 0.29) is 17.5 Å². The summed E-state index contributed by atoms with van der Waals surface area (Å²) >= 11 is 0. The van der Waals surface area contributed by atoms with Crippen LogP contribution in [0.4, 0.5) is 0 Å². The summed E-state index contributed by atoms with van der Waals surface area (Å²) < 4.78 is 0. The van der Waals surface area contributed by atoms with Gasteiger partial charge in [0.05, 0.1) is 6.04 Å². The standard InChI is InChI=1S/C9H18N2O2/c1-9(2,3)11-6-4-5-7(11)8(12)10-13/h7,13H,4-6H2,1-3H3,(H,10,12)/t7-/m0/s1. The molecular weight excluding hydrogens is 168 g/mol. The molecule has 1 fully saturated rings. The molecule has 76 valence electrons. The number of hydrogen-bond donors (Lipinski definition) is 2. The molecule has 1 aliphatic rings. The molecule has 0 spiro atoms. The molecule has 0 saturated carbocycles. The highest BCUT2D eigenvalue weighted by atomic mass is 16.5. The van der Waals surface area contributed by atoms with Crippen LogP contribution in [0, 0.1) is 0 Å². The molecule has 0 aromatic carbocycles. The van der Waals surface area contributed by atoms with Gasteiger partial charge in [0, 0.05) is 5.54 Å². The number of carbonyl (C=O) groups excluding carboxylic acids is 1. The average molecular weight is 186 g/mol. The maximum atomic E-state index is 11.3. The average Bonchev–Trinajstić information content (AvgIpc) is 2.49. The molecule has 2 N–H and O–H groups in total. The largest absolute Gasteiger partial charge is 0.289 e. The van der Waals surface area contributed by atoms with E-state index in [4.69, 9.17) is 5.21 Å². The van der Waals surface area contributed by atoms with Crippen molar-refractivity contribution in [2.45, 2.75) is 45.2 Å². The van der Waals surface area contributed by atoms with Crippen LogP contribution in [-0.2, 0) is 4.79 Å². The zero-order valence-corrected chi connectivity index (χ0v) is 8.50. The minimum Gasteiger partial charge on any atom is -0.289 e. The molecular formula is C9H18N2O2. The Bertz CT molecular complexity index is 198. The SMILES string of the molecule is CC(C)(C)N1CCC[C@H]1C(=O)NO. The lowest BCUT2D eigenvalue weighted by atomic mass is 10.0. The summed E-state index contributed by atoms with van der Waals surface area (Å²) in [6.07, 6.45) is 1.86. The van der Waals surface area contributed by atoms with Crippen LogP contribution < -0.4 is 5.48 Å². The van der Waals surface area contributed by atoms with Crippen LogP contribution in [0.5, 0.6) is 0 Å². The van der Waals surface area contributed by atoms with Gasteiger partial charge in [0.2, 0.25) is 0 Å². The van der Waals surface area contributed by atoms with Crippen molar-refractivity contribution in [1.82, 2.24) is 10.4 Å². The Labute approximate surface area is 78.9 Å². The molecule has 4 nitrogen and oxygen atoms in total. The summed E-state index contributed by atoms with van der Waals surface area (Å²) in [5.74, 6) is -0.285. The summed E-state index contributed by atoms with van der Waals surface area (Å²) in [6, 6.07) is -0.162. The van der Waals surface area contributed by atoms with Crippen LogP contribution in [0.2, 0.25) is 0 Å². The van der Waals surface area contributed by atoms with Crippen molar-refractivity contribution in [3.05, 3.63) is 0 Å². The Kier molecular flexibility index (Phi) is 2.93. The van der Waals surface area contributed by atoms with Gasteiger partial charge in [-0.25, -0.2) is 5.48 Å². The highest BCUT2D eigenvalue weighted by molar-refractivity contribution is 5.80. The highest BCUT2D eigenvalue weighted by Crippen LogP contribution is 2.26. The summed E-state index contributed by atoms with van der Waals surface area (Å²) in [6.45, 7) is 7.17. The minimum atomic E-state index is -0.285. The van der Waals surface area contributed by atoms with Gasteiger partial charge < -0.3 is 0 Å². The summed E-state index contributed by atoms with van der Waals surface area (Å²) in [7, 11) is 0. The number of nitrogens with one attached hydrogen (secondary N) is 1. The summed E-state index contributed by atoms with van der Waals surface area (Å²) in [5.41, 5.74) is 1.72. The van der Waals surface area contributed by atoms with Crippen LogP contribution in [0.15, 0.2) is 0 Å². The first kappa shape index (κ1) is 10.5. The van der Waals surface area contributed by atoms with E-state index in [1.807, 2.05) is 0 Å². The Hall–Kier alpha value is -0.610. The fourth-order valence-electron chi connectivity index (χ4n) is 1.92.